The normalized spacial score (nSPS) is 32.2. The quantitative estimate of drug-likeness (QED) is 0.428. The van der Waals surface area contributed by atoms with Gasteiger partial charge in [-0.2, -0.15) is 0 Å². The van der Waals surface area contributed by atoms with Gasteiger partial charge in [0.05, 0.1) is 38.6 Å². The van der Waals surface area contributed by atoms with Crippen molar-refractivity contribution in [2.45, 2.75) is 55.8 Å². The van der Waals surface area contributed by atoms with Crippen molar-refractivity contribution < 1.29 is 24.4 Å². The third-order valence-corrected chi connectivity index (χ3v) is 8.19. The monoisotopic (exact) mass is 461 g/mol. The minimum Gasteiger partial charge on any atom is -0.497 e. The van der Waals surface area contributed by atoms with Gasteiger partial charge in [0.25, 0.3) is 0 Å². The van der Waals surface area contributed by atoms with Crippen LogP contribution < -0.4 is 9.47 Å². The number of thioether (sulfide) groups is 1. The van der Waals surface area contributed by atoms with E-state index in [4.69, 9.17) is 14.2 Å². The van der Waals surface area contributed by atoms with E-state index in [0.717, 1.165) is 42.9 Å². The number of allylic oxidation sites excluding steroid dienone is 1. The molecule has 0 bridgehead atoms. The minimum atomic E-state index is -0.337. The Morgan fingerprint density at radius 3 is 2.69 bits per heavy atom. The zero-order chi connectivity index (χ0) is 22.5. The Bertz CT molecular complexity index is 798. The van der Waals surface area contributed by atoms with E-state index in [0.29, 0.717) is 18.9 Å². The Labute approximate surface area is 195 Å². The molecule has 1 aliphatic carbocycles. The van der Waals surface area contributed by atoms with Crippen LogP contribution in [0.2, 0.25) is 0 Å². The Kier molecular flexibility index (Phi) is 8.05. The van der Waals surface area contributed by atoms with Gasteiger partial charge in [-0.1, -0.05) is 12.2 Å². The number of benzene rings is 1. The van der Waals surface area contributed by atoms with Crippen LogP contribution >= 0.6 is 11.8 Å². The molecule has 1 aromatic carbocycles. The molecule has 7 heteroatoms. The number of aliphatic hydroxyl groups excluding tert-OH is 2. The second kappa shape index (κ2) is 11.0. The Morgan fingerprint density at radius 2 is 1.97 bits per heavy atom. The number of hydrogen-bond donors (Lipinski definition) is 2. The first-order valence-corrected chi connectivity index (χ1v) is 12.5. The van der Waals surface area contributed by atoms with Crippen LogP contribution in [0.3, 0.4) is 0 Å². The molecular formula is C25H35NO5S. The molecule has 0 aromatic heterocycles. The summed E-state index contributed by atoms with van der Waals surface area (Å²) in [7, 11) is 3.68. The molecule has 1 saturated carbocycles. The summed E-state index contributed by atoms with van der Waals surface area (Å²) >= 11 is 1.73. The molecule has 32 heavy (non-hydrogen) atoms. The van der Waals surface area contributed by atoms with Gasteiger partial charge in [0.15, 0.2) is 0 Å². The standard InChI is InChI=1S/C25H35NO5S/c1-26-17(15-27)16-32-25(26)23-12-11-21-20(22(28)14-24(21)31-23)6-4-3-5-13-30-19-9-7-18(29-2)8-10-19/h4,6-10,16,20-25,27-28H,3,5,11-15H2,1-2H3/b6-4+/t20-,21-,22-,23-,24+,25?/m1/s1. The summed E-state index contributed by atoms with van der Waals surface area (Å²) in [6.45, 7) is 0.729. The van der Waals surface area contributed by atoms with E-state index in [1.165, 1.54) is 0 Å². The van der Waals surface area contributed by atoms with Crippen molar-refractivity contribution in [3.05, 3.63) is 47.5 Å². The molecule has 2 N–H and O–H groups in total. The van der Waals surface area contributed by atoms with Gasteiger partial charge < -0.3 is 29.3 Å². The summed E-state index contributed by atoms with van der Waals surface area (Å²) in [6, 6.07) is 7.63. The molecule has 176 valence electrons. The fourth-order valence-corrected chi connectivity index (χ4v) is 6.29. The van der Waals surface area contributed by atoms with E-state index >= 15 is 0 Å². The molecule has 1 aromatic rings. The number of hydrogen-bond acceptors (Lipinski definition) is 7. The van der Waals surface area contributed by atoms with Crippen molar-refractivity contribution >= 4 is 11.8 Å². The van der Waals surface area contributed by atoms with Gasteiger partial charge >= 0.3 is 0 Å². The van der Waals surface area contributed by atoms with Crippen LogP contribution in [-0.4, -0.2) is 66.2 Å². The highest BCUT2D eigenvalue weighted by Crippen LogP contribution is 2.45. The van der Waals surface area contributed by atoms with E-state index in [9.17, 15) is 10.2 Å². The number of methoxy groups -OCH3 is 1. The summed E-state index contributed by atoms with van der Waals surface area (Å²) in [5, 5.41) is 22.4. The van der Waals surface area contributed by atoms with Gasteiger partial charge in [0.1, 0.15) is 16.9 Å². The summed E-state index contributed by atoms with van der Waals surface area (Å²) in [5.74, 6) is 2.23. The summed E-state index contributed by atoms with van der Waals surface area (Å²) in [6.07, 6.45) is 8.94. The fourth-order valence-electron chi connectivity index (χ4n) is 5.06. The van der Waals surface area contributed by atoms with Crippen molar-refractivity contribution in [3.8, 4) is 11.5 Å². The molecule has 6 nitrogen and oxygen atoms in total. The molecule has 2 aliphatic heterocycles. The summed E-state index contributed by atoms with van der Waals surface area (Å²) in [5.41, 5.74) is 0.953. The summed E-state index contributed by atoms with van der Waals surface area (Å²) < 4.78 is 17.4. The van der Waals surface area contributed by atoms with E-state index in [2.05, 4.69) is 17.1 Å². The van der Waals surface area contributed by atoms with Gasteiger partial charge in [-0.05, 0) is 61.3 Å². The minimum absolute atomic E-state index is 0.0650. The predicted octanol–water partition coefficient (Wildman–Crippen LogP) is 3.79. The van der Waals surface area contributed by atoms with Crippen molar-refractivity contribution in [3.63, 3.8) is 0 Å². The van der Waals surface area contributed by atoms with E-state index < -0.39 is 0 Å². The molecule has 1 unspecified atom stereocenters. The molecule has 2 heterocycles. The van der Waals surface area contributed by atoms with Gasteiger partial charge in [-0.3, -0.25) is 0 Å². The zero-order valence-corrected chi connectivity index (χ0v) is 19.7. The average Bonchev–Trinajstić information content (AvgIpc) is 3.34. The number of ether oxygens (including phenoxy) is 3. The van der Waals surface area contributed by atoms with Gasteiger partial charge in [0.2, 0.25) is 0 Å². The second-order valence-corrected chi connectivity index (χ2v) is 9.82. The SMILES string of the molecule is COc1ccc(OCCC/C=C/[C@@H]2[C@H]3CC[C@H](C4SC=C(CO)N4C)O[C@H]3C[C@H]2O)cc1. The molecule has 0 spiro atoms. The molecule has 0 radical (unpaired) electrons. The molecule has 4 rings (SSSR count). The lowest BCUT2D eigenvalue weighted by Gasteiger charge is -2.39. The van der Waals surface area contributed by atoms with Gasteiger partial charge in [0, 0.05) is 25.1 Å². The average molecular weight is 462 g/mol. The Hall–Kier alpha value is -1.67. The van der Waals surface area contributed by atoms with Gasteiger partial charge in [-0.25, -0.2) is 0 Å². The maximum atomic E-state index is 10.7. The third-order valence-electron chi connectivity index (χ3n) is 6.88. The first-order chi connectivity index (χ1) is 15.6. The Morgan fingerprint density at radius 1 is 1.19 bits per heavy atom. The van der Waals surface area contributed by atoms with Crippen LogP contribution in [-0.2, 0) is 4.74 Å². The summed E-state index contributed by atoms with van der Waals surface area (Å²) in [4.78, 5) is 2.13. The highest BCUT2D eigenvalue weighted by molar-refractivity contribution is 8.03. The fraction of sp³-hybridized carbons (Fsp3) is 0.600. The second-order valence-electron chi connectivity index (χ2n) is 8.83. The lowest BCUT2D eigenvalue weighted by molar-refractivity contribution is -0.0868. The van der Waals surface area contributed by atoms with Crippen LogP contribution in [0, 0.1) is 11.8 Å². The lowest BCUT2D eigenvalue weighted by Crippen LogP contribution is -2.44. The highest BCUT2D eigenvalue weighted by Gasteiger charge is 2.47. The number of aliphatic hydroxyl groups is 2. The number of nitrogens with zero attached hydrogens (tertiary/aromatic N) is 1. The highest BCUT2D eigenvalue weighted by atomic mass is 32.2. The van der Waals surface area contributed by atoms with Crippen LogP contribution in [0.15, 0.2) is 47.5 Å². The predicted molar refractivity (Wildman–Crippen MR) is 127 cm³/mol. The molecule has 2 fully saturated rings. The zero-order valence-electron chi connectivity index (χ0n) is 18.9. The van der Waals surface area contributed by atoms with Crippen LogP contribution in [0.25, 0.3) is 0 Å². The smallest absolute Gasteiger partial charge is 0.119 e. The molecule has 0 amide bonds. The van der Waals surface area contributed by atoms with E-state index in [1.54, 1.807) is 18.9 Å². The van der Waals surface area contributed by atoms with Gasteiger partial charge in [-0.15, -0.1) is 11.8 Å². The van der Waals surface area contributed by atoms with Crippen LogP contribution in [0.1, 0.15) is 32.1 Å². The van der Waals surface area contributed by atoms with Crippen molar-refractivity contribution in [2.24, 2.45) is 11.8 Å². The largest absolute Gasteiger partial charge is 0.497 e. The van der Waals surface area contributed by atoms with Crippen molar-refractivity contribution in [1.82, 2.24) is 4.90 Å². The Balaban J connectivity index is 1.20. The lowest BCUT2D eigenvalue weighted by atomic mass is 9.86. The third kappa shape index (κ3) is 5.28. The maximum absolute atomic E-state index is 10.7. The molecule has 3 aliphatic rings. The molecular weight excluding hydrogens is 426 g/mol. The van der Waals surface area contributed by atoms with Crippen LogP contribution in [0.4, 0.5) is 0 Å². The molecule has 1 saturated heterocycles. The van der Waals surface area contributed by atoms with E-state index in [-0.39, 0.29) is 36.2 Å². The molecule has 6 atom stereocenters. The van der Waals surface area contributed by atoms with Crippen LogP contribution in [0.5, 0.6) is 11.5 Å². The van der Waals surface area contributed by atoms with Crippen molar-refractivity contribution in [1.29, 1.82) is 0 Å². The first kappa shape index (κ1) is 23.5. The van der Waals surface area contributed by atoms with E-state index in [1.807, 2.05) is 36.7 Å². The number of unbranched alkanes of at least 4 members (excludes halogenated alkanes) is 1. The number of fused-ring (bicyclic) bond motifs is 1. The maximum Gasteiger partial charge on any atom is 0.119 e. The first-order valence-electron chi connectivity index (χ1n) is 11.6. The number of likely N-dealkylation sites (N-methyl/N-ethyl adjacent to an activating group) is 1. The number of rotatable bonds is 9. The topological polar surface area (TPSA) is 71.4 Å². The van der Waals surface area contributed by atoms with Crippen molar-refractivity contribution in [2.75, 3.05) is 27.4 Å².